The summed E-state index contributed by atoms with van der Waals surface area (Å²) in [6.07, 6.45) is 0.864. The fourth-order valence-electron chi connectivity index (χ4n) is 3.61. The molecule has 3 rings (SSSR count). The standard InChI is InChI=1S/C22H26ClN3O2/c1-4-25(13-21(27)24-19-12-18(23)10-9-15(19)2)14-22(28)26-16(3)11-17-7-5-6-8-20(17)26/h5-10,12,16H,4,11,13-14H2,1-3H3,(H,24,27)/t16-/m0/s1. The third-order valence-corrected chi connectivity index (χ3v) is 5.36. The molecule has 6 heteroatoms. The summed E-state index contributed by atoms with van der Waals surface area (Å²) in [5, 5.41) is 3.47. The normalized spacial score (nSPS) is 15.6. The van der Waals surface area contributed by atoms with Crippen LogP contribution in [0, 0.1) is 6.92 Å². The summed E-state index contributed by atoms with van der Waals surface area (Å²) in [5.74, 6) is -0.138. The van der Waals surface area contributed by atoms with Crippen molar-refractivity contribution >= 4 is 34.8 Å². The number of nitrogens with zero attached hydrogens (tertiary/aromatic N) is 2. The van der Waals surface area contributed by atoms with Crippen LogP contribution >= 0.6 is 11.6 Å². The van der Waals surface area contributed by atoms with Crippen LogP contribution in [0.5, 0.6) is 0 Å². The summed E-state index contributed by atoms with van der Waals surface area (Å²) >= 11 is 6.02. The molecule has 0 bridgehead atoms. The molecule has 2 aromatic carbocycles. The Morgan fingerprint density at radius 3 is 2.71 bits per heavy atom. The molecule has 0 aliphatic carbocycles. The number of para-hydroxylation sites is 1. The molecule has 5 nitrogen and oxygen atoms in total. The molecule has 1 N–H and O–H groups in total. The van der Waals surface area contributed by atoms with Crippen LogP contribution in [0.25, 0.3) is 0 Å². The van der Waals surface area contributed by atoms with Crippen molar-refractivity contribution < 1.29 is 9.59 Å². The Balaban J connectivity index is 1.63. The van der Waals surface area contributed by atoms with E-state index in [1.807, 2.05) is 47.9 Å². The van der Waals surface area contributed by atoms with Crippen LogP contribution in [-0.2, 0) is 16.0 Å². The first-order chi connectivity index (χ1) is 13.4. The lowest BCUT2D eigenvalue weighted by Gasteiger charge is -2.27. The van der Waals surface area contributed by atoms with Gasteiger partial charge in [-0.1, -0.05) is 42.8 Å². The zero-order chi connectivity index (χ0) is 20.3. The monoisotopic (exact) mass is 399 g/mol. The molecule has 1 atom stereocenters. The highest BCUT2D eigenvalue weighted by molar-refractivity contribution is 6.31. The van der Waals surface area contributed by atoms with Crippen molar-refractivity contribution in [3.8, 4) is 0 Å². The second kappa shape index (κ2) is 8.76. The van der Waals surface area contributed by atoms with Gasteiger partial charge in [0.2, 0.25) is 11.8 Å². The summed E-state index contributed by atoms with van der Waals surface area (Å²) in [6.45, 7) is 6.89. The number of rotatable bonds is 6. The number of amides is 2. The van der Waals surface area contributed by atoms with E-state index in [4.69, 9.17) is 11.6 Å². The summed E-state index contributed by atoms with van der Waals surface area (Å²) in [6, 6.07) is 13.5. The van der Waals surface area contributed by atoms with Gasteiger partial charge in [-0.2, -0.15) is 0 Å². The van der Waals surface area contributed by atoms with Gasteiger partial charge in [-0.15, -0.1) is 0 Å². The Hall–Kier alpha value is -2.37. The minimum absolute atomic E-state index is 0.0195. The van der Waals surface area contributed by atoms with Crippen molar-refractivity contribution in [1.82, 2.24) is 4.90 Å². The van der Waals surface area contributed by atoms with E-state index in [2.05, 4.69) is 18.3 Å². The average molecular weight is 400 g/mol. The molecule has 1 aliphatic heterocycles. The first-order valence-electron chi connectivity index (χ1n) is 9.57. The zero-order valence-electron chi connectivity index (χ0n) is 16.5. The quantitative estimate of drug-likeness (QED) is 0.801. The summed E-state index contributed by atoms with van der Waals surface area (Å²) < 4.78 is 0. The molecule has 0 fully saturated rings. The van der Waals surface area contributed by atoms with E-state index in [9.17, 15) is 9.59 Å². The number of anilines is 2. The molecule has 0 radical (unpaired) electrons. The van der Waals surface area contributed by atoms with Crippen molar-refractivity contribution in [3.05, 3.63) is 58.6 Å². The number of halogens is 1. The number of benzene rings is 2. The van der Waals surface area contributed by atoms with Crippen molar-refractivity contribution in [2.45, 2.75) is 33.2 Å². The molecule has 2 amide bonds. The number of hydrogen-bond acceptors (Lipinski definition) is 3. The highest BCUT2D eigenvalue weighted by Crippen LogP contribution is 2.31. The largest absolute Gasteiger partial charge is 0.325 e. The van der Waals surface area contributed by atoms with Crippen molar-refractivity contribution in [1.29, 1.82) is 0 Å². The first-order valence-corrected chi connectivity index (χ1v) is 9.95. The number of nitrogens with one attached hydrogen (secondary N) is 1. The van der Waals surface area contributed by atoms with E-state index in [1.54, 1.807) is 12.1 Å². The van der Waals surface area contributed by atoms with Crippen LogP contribution in [0.4, 0.5) is 11.4 Å². The number of fused-ring (bicyclic) bond motifs is 1. The molecule has 2 aromatic rings. The molecule has 28 heavy (non-hydrogen) atoms. The Bertz CT molecular complexity index is 884. The maximum Gasteiger partial charge on any atom is 0.241 e. The molecule has 0 saturated carbocycles. The van der Waals surface area contributed by atoms with Crippen LogP contribution in [-0.4, -0.2) is 42.4 Å². The number of likely N-dealkylation sites (N-methyl/N-ethyl adjacent to an activating group) is 1. The molecular weight excluding hydrogens is 374 g/mol. The Kier molecular flexibility index (Phi) is 6.37. The Labute approximate surface area is 171 Å². The van der Waals surface area contributed by atoms with Crippen molar-refractivity contribution in [3.63, 3.8) is 0 Å². The lowest BCUT2D eigenvalue weighted by atomic mass is 10.1. The van der Waals surface area contributed by atoms with Gasteiger partial charge in [0.1, 0.15) is 0 Å². The van der Waals surface area contributed by atoms with Crippen LogP contribution in [0.2, 0.25) is 5.02 Å². The predicted molar refractivity (Wildman–Crippen MR) is 114 cm³/mol. The van der Waals surface area contributed by atoms with Gasteiger partial charge >= 0.3 is 0 Å². The van der Waals surface area contributed by atoms with E-state index >= 15 is 0 Å². The summed E-state index contributed by atoms with van der Waals surface area (Å²) in [4.78, 5) is 29.2. The van der Waals surface area contributed by atoms with Gasteiger partial charge in [0.05, 0.1) is 13.1 Å². The average Bonchev–Trinajstić information content (AvgIpc) is 2.99. The lowest BCUT2D eigenvalue weighted by molar-refractivity contribution is -0.121. The SMILES string of the molecule is CCN(CC(=O)Nc1cc(Cl)ccc1C)CC(=O)N1c2ccccc2C[C@@H]1C. The molecule has 0 unspecified atom stereocenters. The van der Waals surface area contributed by atoms with Gasteiger partial charge < -0.3 is 10.2 Å². The van der Waals surface area contributed by atoms with Crippen molar-refractivity contribution in [2.75, 3.05) is 29.9 Å². The topological polar surface area (TPSA) is 52.7 Å². The van der Waals surface area contributed by atoms with Crippen molar-refractivity contribution in [2.24, 2.45) is 0 Å². The van der Waals surface area contributed by atoms with E-state index in [1.165, 1.54) is 5.56 Å². The fourth-order valence-corrected chi connectivity index (χ4v) is 3.79. The van der Waals surface area contributed by atoms with Crippen LogP contribution in [0.15, 0.2) is 42.5 Å². The van der Waals surface area contributed by atoms with Crippen LogP contribution in [0.1, 0.15) is 25.0 Å². The van der Waals surface area contributed by atoms with Gasteiger partial charge in [-0.05, 0) is 56.1 Å². The van der Waals surface area contributed by atoms with Gasteiger partial charge in [0.25, 0.3) is 0 Å². The van der Waals surface area contributed by atoms with Gasteiger partial charge in [0, 0.05) is 22.4 Å². The third-order valence-electron chi connectivity index (χ3n) is 5.12. The highest BCUT2D eigenvalue weighted by atomic mass is 35.5. The molecule has 0 aromatic heterocycles. The van der Waals surface area contributed by atoms with Crippen LogP contribution in [0.3, 0.4) is 0 Å². The second-order valence-corrected chi connectivity index (χ2v) is 7.69. The fraction of sp³-hybridized carbons (Fsp3) is 0.364. The maximum absolute atomic E-state index is 13.0. The number of carbonyl (C=O) groups excluding carboxylic acids is 2. The number of hydrogen-bond donors (Lipinski definition) is 1. The predicted octanol–water partition coefficient (Wildman–Crippen LogP) is 3.89. The number of aryl methyl sites for hydroxylation is 1. The molecule has 0 spiro atoms. The maximum atomic E-state index is 13.0. The second-order valence-electron chi connectivity index (χ2n) is 7.26. The zero-order valence-corrected chi connectivity index (χ0v) is 17.3. The Morgan fingerprint density at radius 2 is 1.96 bits per heavy atom. The smallest absolute Gasteiger partial charge is 0.241 e. The van der Waals surface area contributed by atoms with Gasteiger partial charge in [0.15, 0.2) is 0 Å². The molecule has 0 saturated heterocycles. The van der Waals surface area contributed by atoms with Gasteiger partial charge in [-0.3, -0.25) is 14.5 Å². The third kappa shape index (κ3) is 4.54. The lowest BCUT2D eigenvalue weighted by Crippen LogP contribution is -2.45. The Morgan fingerprint density at radius 1 is 1.21 bits per heavy atom. The van der Waals surface area contributed by atoms with E-state index in [-0.39, 0.29) is 30.9 Å². The van der Waals surface area contributed by atoms with Crippen LogP contribution < -0.4 is 10.2 Å². The molecule has 1 heterocycles. The molecular formula is C22H26ClN3O2. The van der Waals surface area contributed by atoms with E-state index in [0.717, 1.165) is 17.7 Å². The minimum atomic E-state index is -0.158. The van der Waals surface area contributed by atoms with Gasteiger partial charge in [-0.25, -0.2) is 0 Å². The highest BCUT2D eigenvalue weighted by Gasteiger charge is 2.31. The first kappa shape index (κ1) is 20.4. The minimum Gasteiger partial charge on any atom is -0.325 e. The summed E-state index contributed by atoms with van der Waals surface area (Å²) in [7, 11) is 0. The molecule has 148 valence electrons. The number of carbonyl (C=O) groups is 2. The van der Waals surface area contributed by atoms with E-state index < -0.39 is 0 Å². The molecule has 1 aliphatic rings. The summed E-state index contributed by atoms with van der Waals surface area (Å²) in [5.41, 5.74) is 3.82. The van der Waals surface area contributed by atoms with E-state index in [0.29, 0.717) is 17.3 Å².